The van der Waals surface area contributed by atoms with Crippen molar-refractivity contribution in [1.82, 2.24) is 0 Å². The summed E-state index contributed by atoms with van der Waals surface area (Å²) in [5, 5.41) is 0. The van der Waals surface area contributed by atoms with Crippen LogP contribution in [0.5, 0.6) is 5.75 Å². The Balaban J connectivity index is 1.76. The maximum Gasteiger partial charge on any atom is 0.265 e. The van der Waals surface area contributed by atoms with E-state index < -0.39 is 15.8 Å². The van der Waals surface area contributed by atoms with Crippen molar-refractivity contribution in [1.29, 1.82) is 0 Å². The van der Waals surface area contributed by atoms with Gasteiger partial charge in [0.2, 0.25) is 5.91 Å². The molecule has 1 atom stereocenters. The molecule has 0 fully saturated rings. The summed E-state index contributed by atoms with van der Waals surface area (Å²) in [5.74, 6) is -0.890. The van der Waals surface area contributed by atoms with Crippen molar-refractivity contribution >= 4 is 27.3 Å². The van der Waals surface area contributed by atoms with Crippen molar-refractivity contribution in [3.05, 3.63) is 47.3 Å². The van der Waals surface area contributed by atoms with Crippen LogP contribution in [0.25, 0.3) is 0 Å². The average molecular weight is 390 g/mol. The van der Waals surface area contributed by atoms with E-state index in [-0.39, 0.29) is 22.5 Å². The summed E-state index contributed by atoms with van der Waals surface area (Å²) in [6, 6.07) is 6.77. The minimum Gasteiger partial charge on any atom is -0.495 e. The predicted molar refractivity (Wildman–Crippen MR) is 99.3 cm³/mol. The van der Waals surface area contributed by atoms with E-state index in [1.165, 1.54) is 13.2 Å². The van der Waals surface area contributed by atoms with E-state index in [1.807, 2.05) is 6.92 Å². The molecule has 2 heterocycles. The molecule has 1 unspecified atom stereocenters. The maximum atomic E-state index is 13.6. The second kappa shape index (κ2) is 6.23. The highest BCUT2D eigenvalue weighted by Gasteiger charge is 2.38. The zero-order chi connectivity index (χ0) is 19.3. The molecule has 1 N–H and O–H groups in total. The van der Waals surface area contributed by atoms with Crippen LogP contribution in [0.1, 0.15) is 30.4 Å². The van der Waals surface area contributed by atoms with E-state index in [2.05, 4.69) is 4.72 Å². The van der Waals surface area contributed by atoms with Crippen molar-refractivity contribution < 1.29 is 22.3 Å². The number of carbonyl (C=O) groups is 1. The van der Waals surface area contributed by atoms with Gasteiger partial charge in [0.05, 0.1) is 18.7 Å². The smallest absolute Gasteiger partial charge is 0.265 e. The van der Waals surface area contributed by atoms with Crippen LogP contribution >= 0.6 is 0 Å². The highest BCUT2D eigenvalue weighted by Crippen LogP contribution is 2.44. The number of anilines is 2. The zero-order valence-electron chi connectivity index (χ0n) is 15.0. The summed E-state index contributed by atoms with van der Waals surface area (Å²) in [6.45, 7) is 2.51. The molecule has 142 valence electrons. The highest BCUT2D eigenvalue weighted by molar-refractivity contribution is 7.92. The van der Waals surface area contributed by atoms with Crippen LogP contribution < -0.4 is 14.4 Å². The number of nitrogens with one attached hydrogen (secondary N) is 1. The summed E-state index contributed by atoms with van der Waals surface area (Å²) in [6.07, 6.45) is 1.61. The lowest BCUT2D eigenvalue weighted by Crippen LogP contribution is -2.32. The monoisotopic (exact) mass is 390 g/mol. The third kappa shape index (κ3) is 2.84. The van der Waals surface area contributed by atoms with E-state index in [0.717, 1.165) is 41.8 Å². The molecule has 2 aromatic carbocycles. The number of amides is 1. The Morgan fingerprint density at radius 1 is 1.26 bits per heavy atom. The zero-order valence-corrected chi connectivity index (χ0v) is 15.8. The number of carbonyl (C=O) groups excluding carboxylic acids is 1. The van der Waals surface area contributed by atoms with Crippen molar-refractivity contribution in [2.45, 2.75) is 30.6 Å². The first kappa shape index (κ1) is 17.8. The number of methoxy groups -OCH3 is 1. The van der Waals surface area contributed by atoms with Gasteiger partial charge in [0, 0.05) is 12.2 Å². The lowest BCUT2D eigenvalue weighted by molar-refractivity contribution is -0.119. The molecule has 2 aliphatic rings. The molecule has 0 saturated heterocycles. The van der Waals surface area contributed by atoms with Crippen LogP contribution in [0.4, 0.5) is 15.8 Å². The fourth-order valence-electron chi connectivity index (χ4n) is 3.83. The van der Waals surface area contributed by atoms with Gasteiger partial charge in [-0.2, -0.15) is 0 Å². The summed E-state index contributed by atoms with van der Waals surface area (Å²) < 4.78 is 46.8. The number of aryl methyl sites for hydroxylation is 1. The Hall–Kier alpha value is -2.61. The first-order valence-corrected chi connectivity index (χ1v) is 10.1. The number of rotatable bonds is 4. The highest BCUT2D eigenvalue weighted by atomic mass is 32.2. The Morgan fingerprint density at radius 2 is 2.04 bits per heavy atom. The van der Waals surface area contributed by atoms with Gasteiger partial charge in [-0.15, -0.1) is 0 Å². The Bertz CT molecular complexity index is 1050. The molecular formula is C19H19FN2O4S. The fraction of sp³-hybridized carbons (Fsp3) is 0.316. The number of hydrogen-bond acceptors (Lipinski definition) is 4. The summed E-state index contributed by atoms with van der Waals surface area (Å²) in [7, 11) is -2.73. The normalized spacial score (nSPS) is 18.4. The Morgan fingerprint density at radius 3 is 2.78 bits per heavy atom. The van der Waals surface area contributed by atoms with Gasteiger partial charge < -0.3 is 9.64 Å². The van der Waals surface area contributed by atoms with Gasteiger partial charge in [-0.05, 0) is 61.2 Å². The van der Waals surface area contributed by atoms with Crippen molar-refractivity contribution in [2.24, 2.45) is 0 Å². The van der Waals surface area contributed by atoms with Gasteiger partial charge in [0.1, 0.15) is 16.5 Å². The van der Waals surface area contributed by atoms with Gasteiger partial charge in [-0.25, -0.2) is 12.8 Å². The van der Waals surface area contributed by atoms with Crippen molar-refractivity contribution in [3.8, 4) is 5.75 Å². The van der Waals surface area contributed by atoms with Gasteiger partial charge >= 0.3 is 0 Å². The van der Waals surface area contributed by atoms with Crippen LogP contribution in [0.15, 0.2) is 35.2 Å². The number of hydrogen-bond donors (Lipinski definition) is 1. The molecule has 27 heavy (non-hydrogen) atoms. The van der Waals surface area contributed by atoms with Crippen molar-refractivity contribution in [2.75, 3.05) is 23.3 Å². The van der Waals surface area contributed by atoms with Crippen LogP contribution in [0, 0.1) is 5.82 Å². The standard InChI is InChI=1S/C19H19FN2O4S/c1-11-15-10-14(8-12-4-3-7-22(18(12)15)19(11)23)21-27(24,25)17-9-13(20)5-6-16(17)26-2/h5-6,8-11,21H,3-4,7H2,1-2H3. The molecule has 0 radical (unpaired) electrons. The number of ether oxygens (including phenoxy) is 1. The van der Waals surface area contributed by atoms with E-state index in [0.29, 0.717) is 12.2 Å². The summed E-state index contributed by atoms with van der Waals surface area (Å²) >= 11 is 0. The molecule has 4 rings (SSSR count). The number of halogens is 1. The van der Waals surface area contributed by atoms with Crippen LogP contribution in [0.2, 0.25) is 0 Å². The minimum absolute atomic E-state index is 0.0396. The largest absolute Gasteiger partial charge is 0.495 e. The topological polar surface area (TPSA) is 75.7 Å². The fourth-order valence-corrected chi connectivity index (χ4v) is 5.05. The van der Waals surface area contributed by atoms with Crippen molar-refractivity contribution in [3.63, 3.8) is 0 Å². The Kier molecular flexibility index (Phi) is 4.10. The van der Waals surface area contributed by atoms with Gasteiger partial charge in [-0.1, -0.05) is 0 Å². The molecule has 8 heteroatoms. The maximum absolute atomic E-state index is 13.6. The van der Waals surface area contributed by atoms with Crippen LogP contribution in [-0.4, -0.2) is 28.0 Å². The lowest BCUT2D eigenvalue weighted by Gasteiger charge is -2.26. The van der Waals surface area contributed by atoms with E-state index in [9.17, 15) is 17.6 Å². The second-order valence-electron chi connectivity index (χ2n) is 6.79. The SMILES string of the molecule is COc1ccc(F)cc1S(=O)(=O)Nc1cc2c3c(c1)C(C)C(=O)N3CCC2. The van der Waals surface area contributed by atoms with Gasteiger partial charge in [0.15, 0.2) is 0 Å². The number of nitrogens with zero attached hydrogens (tertiary/aromatic N) is 1. The van der Waals surface area contributed by atoms with Gasteiger partial charge in [-0.3, -0.25) is 9.52 Å². The molecule has 2 aliphatic heterocycles. The second-order valence-corrected chi connectivity index (χ2v) is 8.44. The molecule has 2 aromatic rings. The first-order valence-electron chi connectivity index (χ1n) is 8.66. The van der Waals surface area contributed by atoms with E-state index in [1.54, 1.807) is 17.0 Å². The molecule has 6 nitrogen and oxygen atoms in total. The molecule has 0 aliphatic carbocycles. The first-order chi connectivity index (χ1) is 12.8. The summed E-state index contributed by atoms with van der Waals surface area (Å²) in [5.41, 5.74) is 3.03. The Labute approximate surface area is 157 Å². The summed E-state index contributed by atoms with van der Waals surface area (Å²) in [4.78, 5) is 14.0. The van der Waals surface area contributed by atoms with Crippen LogP contribution in [-0.2, 0) is 21.2 Å². The third-order valence-electron chi connectivity index (χ3n) is 5.09. The molecule has 0 spiro atoms. The average Bonchev–Trinajstić information content (AvgIpc) is 2.88. The van der Waals surface area contributed by atoms with Crippen LogP contribution in [0.3, 0.4) is 0 Å². The van der Waals surface area contributed by atoms with E-state index >= 15 is 0 Å². The lowest BCUT2D eigenvalue weighted by atomic mass is 9.96. The quantitative estimate of drug-likeness (QED) is 0.871. The molecule has 1 amide bonds. The molecule has 0 aromatic heterocycles. The third-order valence-corrected chi connectivity index (χ3v) is 6.49. The van der Waals surface area contributed by atoms with Gasteiger partial charge in [0.25, 0.3) is 10.0 Å². The minimum atomic E-state index is -4.06. The molecule has 0 saturated carbocycles. The van der Waals surface area contributed by atoms with E-state index in [4.69, 9.17) is 4.74 Å². The number of sulfonamides is 1. The number of benzene rings is 2. The predicted octanol–water partition coefficient (Wildman–Crippen LogP) is 3.03. The molecule has 0 bridgehead atoms. The molecular weight excluding hydrogens is 371 g/mol.